The Kier molecular flexibility index (Phi) is 7.08. The molecular weight excluding hydrogens is 378 g/mol. The Labute approximate surface area is 151 Å². The number of carbonyl (C=O) groups excluding carboxylic acids is 2. The van der Waals surface area contributed by atoms with E-state index < -0.39 is 23.7 Å². The first-order valence-electron chi connectivity index (χ1n) is 7.45. The second-order valence-corrected chi connectivity index (χ2v) is 7.16. The average molecular weight is 402 g/mol. The number of benzene rings is 1. The maximum absolute atomic E-state index is 12.2. The summed E-state index contributed by atoms with van der Waals surface area (Å²) in [4.78, 5) is 25.6. The lowest BCUT2D eigenvalue weighted by Crippen LogP contribution is -2.46. The van der Waals surface area contributed by atoms with E-state index in [1.165, 1.54) is 19.1 Å². The molecule has 0 aliphatic heterocycles. The smallest absolute Gasteiger partial charge is 0.410 e. The number of halogens is 1. The topological polar surface area (TPSA) is 65.1 Å². The molecule has 0 fully saturated rings. The minimum absolute atomic E-state index is 0.297. The van der Waals surface area contributed by atoms with E-state index in [-0.39, 0.29) is 0 Å². The van der Waals surface area contributed by atoms with Crippen LogP contribution in [0, 0.1) is 0 Å². The van der Waals surface area contributed by atoms with Gasteiger partial charge in [0.1, 0.15) is 17.4 Å². The summed E-state index contributed by atoms with van der Waals surface area (Å²) in [6.45, 7) is 5.31. The van der Waals surface area contributed by atoms with E-state index in [1.807, 2.05) is 12.1 Å². The van der Waals surface area contributed by atoms with Crippen molar-refractivity contribution in [2.75, 3.05) is 21.3 Å². The van der Waals surface area contributed by atoms with Gasteiger partial charge >= 0.3 is 12.1 Å². The second-order valence-electron chi connectivity index (χ2n) is 6.30. The van der Waals surface area contributed by atoms with Crippen LogP contribution in [0.25, 0.3) is 0 Å². The lowest BCUT2D eigenvalue weighted by Gasteiger charge is -2.29. The van der Waals surface area contributed by atoms with E-state index in [0.717, 1.165) is 10.0 Å². The summed E-state index contributed by atoms with van der Waals surface area (Å²) in [6, 6.07) is 4.69. The molecule has 0 unspecified atom stereocenters. The molecule has 0 saturated carbocycles. The highest BCUT2D eigenvalue weighted by atomic mass is 79.9. The number of hydrogen-bond acceptors (Lipinski definition) is 5. The maximum Gasteiger partial charge on any atom is 0.410 e. The Hall–Kier alpha value is -1.76. The van der Waals surface area contributed by atoms with Crippen LogP contribution in [0.3, 0.4) is 0 Å². The van der Waals surface area contributed by atoms with Crippen molar-refractivity contribution >= 4 is 28.0 Å². The van der Waals surface area contributed by atoms with Crippen molar-refractivity contribution in [2.24, 2.45) is 0 Å². The van der Waals surface area contributed by atoms with Crippen LogP contribution in [-0.2, 0) is 20.7 Å². The number of likely N-dealkylation sites (N-methyl/N-ethyl adjacent to an activating group) is 1. The number of esters is 1. The zero-order valence-corrected chi connectivity index (χ0v) is 16.5. The minimum Gasteiger partial charge on any atom is -0.496 e. The normalized spacial score (nSPS) is 12.3. The predicted octanol–water partition coefficient (Wildman–Crippen LogP) is 3.41. The highest BCUT2D eigenvalue weighted by molar-refractivity contribution is 9.10. The molecule has 0 heterocycles. The second kappa shape index (κ2) is 8.37. The molecule has 6 nitrogen and oxygen atoms in total. The molecule has 1 rings (SSSR count). The van der Waals surface area contributed by atoms with Gasteiger partial charge in [0.2, 0.25) is 0 Å². The largest absolute Gasteiger partial charge is 0.496 e. The van der Waals surface area contributed by atoms with Crippen LogP contribution >= 0.6 is 15.9 Å². The monoisotopic (exact) mass is 401 g/mol. The molecule has 24 heavy (non-hydrogen) atoms. The lowest BCUT2D eigenvalue weighted by molar-refractivity contribution is -0.146. The van der Waals surface area contributed by atoms with Gasteiger partial charge in [-0.15, -0.1) is 0 Å². The molecule has 1 amide bonds. The van der Waals surface area contributed by atoms with Gasteiger partial charge in [0, 0.05) is 13.5 Å². The number of nitrogens with zero attached hydrogens (tertiary/aromatic N) is 1. The van der Waals surface area contributed by atoms with E-state index in [9.17, 15) is 9.59 Å². The summed E-state index contributed by atoms with van der Waals surface area (Å²) in [6.07, 6.45) is -0.282. The third-order valence-electron chi connectivity index (χ3n) is 3.27. The van der Waals surface area contributed by atoms with Crippen LogP contribution in [0.2, 0.25) is 0 Å². The fourth-order valence-corrected chi connectivity index (χ4v) is 2.62. The van der Waals surface area contributed by atoms with Gasteiger partial charge in [-0.2, -0.15) is 0 Å². The molecule has 0 aliphatic rings. The van der Waals surface area contributed by atoms with Crippen molar-refractivity contribution in [3.63, 3.8) is 0 Å². The summed E-state index contributed by atoms with van der Waals surface area (Å²) in [5.74, 6) is 0.184. The maximum atomic E-state index is 12.2. The molecule has 1 aromatic rings. The molecule has 0 saturated heterocycles. The SMILES string of the molecule is COC(=O)[C@H](Cc1ccc(OC)c(Br)c1)N(C)C(=O)OC(C)(C)C. The minimum atomic E-state index is -0.787. The van der Waals surface area contributed by atoms with Gasteiger partial charge in [-0.05, 0) is 54.4 Å². The number of hydrogen-bond donors (Lipinski definition) is 0. The first-order valence-corrected chi connectivity index (χ1v) is 8.24. The average Bonchev–Trinajstić information content (AvgIpc) is 2.49. The Balaban J connectivity index is 2.99. The van der Waals surface area contributed by atoms with Gasteiger partial charge in [0.25, 0.3) is 0 Å². The first-order chi connectivity index (χ1) is 11.1. The highest BCUT2D eigenvalue weighted by Gasteiger charge is 2.31. The number of rotatable bonds is 5. The van der Waals surface area contributed by atoms with E-state index in [2.05, 4.69) is 15.9 Å². The molecule has 0 radical (unpaired) electrons. The van der Waals surface area contributed by atoms with Crippen molar-refractivity contribution in [3.8, 4) is 5.75 Å². The highest BCUT2D eigenvalue weighted by Crippen LogP contribution is 2.26. The molecular formula is C17H24BrNO5. The first kappa shape index (κ1) is 20.3. The summed E-state index contributed by atoms with van der Waals surface area (Å²) in [5.41, 5.74) is 0.211. The van der Waals surface area contributed by atoms with E-state index >= 15 is 0 Å². The standard InChI is InChI=1S/C17H24BrNO5/c1-17(2,3)24-16(21)19(4)13(15(20)23-6)10-11-7-8-14(22-5)12(18)9-11/h7-9,13H,10H2,1-6H3/t13-/m0/s1. The van der Waals surface area contributed by atoms with E-state index in [1.54, 1.807) is 33.9 Å². The predicted molar refractivity (Wildman–Crippen MR) is 94.2 cm³/mol. The molecule has 0 aliphatic carbocycles. The van der Waals surface area contributed by atoms with Crippen molar-refractivity contribution in [1.82, 2.24) is 4.90 Å². The molecule has 7 heteroatoms. The summed E-state index contributed by atoms with van der Waals surface area (Å²) in [5, 5.41) is 0. The van der Waals surface area contributed by atoms with Gasteiger partial charge < -0.3 is 14.2 Å². The van der Waals surface area contributed by atoms with Gasteiger partial charge in [0.05, 0.1) is 18.7 Å². The van der Waals surface area contributed by atoms with Crippen LogP contribution in [0.4, 0.5) is 4.79 Å². The lowest BCUT2D eigenvalue weighted by atomic mass is 10.0. The number of carbonyl (C=O) groups is 2. The molecule has 0 N–H and O–H groups in total. The van der Waals surface area contributed by atoms with Crippen molar-refractivity contribution in [1.29, 1.82) is 0 Å². The van der Waals surface area contributed by atoms with Gasteiger partial charge in [0.15, 0.2) is 0 Å². The number of amides is 1. The van der Waals surface area contributed by atoms with Crippen LogP contribution < -0.4 is 4.74 Å². The zero-order valence-electron chi connectivity index (χ0n) is 14.9. The Morgan fingerprint density at radius 3 is 2.33 bits per heavy atom. The fraction of sp³-hybridized carbons (Fsp3) is 0.529. The van der Waals surface area contributed by atoms with E-state index in [4.69, 9.17) is 14.2 Å². The summed E-state index contributed by atoms with van der Waals surface area (Å²) >= 11 is 3.41. The molecule has 0 spiro atoms. The Morgan fingerprint density at radius 1 is 1.25 bits per heavy atom. The van der Waals surface area contributed by atoms with Crippen LogP contribution in [0.1, 0.15) is 26.3 Å². The molecule has 0 bridgehead atoms. The summed E-state index contributed by atoms with van der Waals surface area (Å²) in [7, 11) is 4.39. The van der Waals surface area contributed by atoms with Crippen LogP contribution in [0.5, 0.6) is 5.75 Å². The Bertz CT molecular complexity index is 597. The Morgan fingerprint density at radius 2 is 1.88 bits per heavy atom. The van der Waals surface area contributed by atoms with Crippen LogP contribution in [-0.4, -0.2) is 49.9 Å². The van der Waals surface area contributed by atoms with Crippen molar-refractivity contribution < 1.29 is 23.8 Å². The summed E-state index contributed by atoms with van der Waals surface area (Å²) < 4.78 is 16.1. The molecule has 0 aromatic heterocycles. The van der Waals surface area contributed by atoms with Crippen molar-refractivity contribution in [2.45, 2.75) is 38.8 Å². The van der Waals surface area contributed by atoms with E-state index in [0.29, 0.717) is 12.2 Å². The number of methoxy groups -OCH3 is 2. The molecule has 1 atom stereocenters. The third-order valence-corrected chi connectivity index (χ3v) is 3.89. The molecule has 1 aromatic carbocycles. The van der Waals surface area contributed by atoms with Gasteiger partial charge in [-0.3, -0.25) is 4.90 Å². The fourth-order valence-electron chi connectivity index (χ4n) is 2.04. The number of ether oxygens (including phenoxy) is 3. The zero-order chi connectivity index (χ0) is 18.5. The quantitative estimate of drug-likeness (QED) is 0.707. The van der Waals surface area contributed by atoms with Gasteiger partial charge in [-0.25, -0.2) is 9.59 Å². The van der Waals surface area contributed by atoms with Crippen LogP contribution in [0.15, 0.2) is 22.7 Å². The third kappa shape index (κ3) is 5.70. The molecule has 134 valence electrons. The van der Waals surface area contributed by atoms with Gasteiger partial charge in [-0.1, -0.05) is 6.07 Å². The van der Waals surface area contributed by atoms with Crippen molar-refractivity contribution in [3.05, 3.63) is 28.2 Å².